The molecule has 0 radical (unpaired) electrons. The van der Waals surface area contributed by atoms with Crippen molar-refractivity contribution in [3.63, 3.8) is 0 Å². The molecule has 1 heterocycles. The summed E-state index contributed by atoms with van der Waals surface area (Å²) in [5, 5.41) is 11.7. The summed E-state index contributed by atoms with van der Waals surface area (Å²) in [5.74, 6) is -0.0997. The molecule has 16 heavy (non-hydrogen) atoms. The van der Waals surface area contributed by atoms with Crippen LogP contribution in [0.4, 0.5) is 5.13 Å². The van der Waals surface area contributed by atoms with Gasteiger partial charge in [0.1, 0.15) is 5.01 Å². The molecule has 7 heteroatoms. The molecule has 1 rings (SSSR count). The Balaban J connectivity index is 2.40. The largest absolute Gasteiger partial charge is 0.300 e. The van der Waals surface area contributed by atoms with Gasteiger partial charge in [0.05, 0.1) is 5.75 Å². The second kappa shape index (κ2) is 6.59. The molecule has 0 aromatic carbocycles. The molecule has 0 saturated heterocycles. The van der Waals surface area contributed by atoms with Crippen LogP contribution < -0.4 is 5.32 Å². The molecule has 1 amide bonds. The van der Waals surface area contributed by atoms with Crippen LogP contribution in [0.5, 0.6) is 0 Å². The lowest BCUT2D eigenvalue weighted by Crippen LogP contribution is -2.14. The van der Waals surface area contributed by atoms with E-state index >= 15 is 0 Å². The fraction of sp³-hybridized carbons (Fsp3) is 0.556. The van der Waals surface area contributed by atoms with Crippen molar-refractivity contribution in [3.05, 3.63) is 5.01 Å². The van der Waals surface area contributed by atoms with Crippen molar-refractivity contribution in [2.24, 2.45) is 0 Å². The number of hydrogen-bond acceptors (Lipinski definition) is 6. The number of anilines is 1. The van der Waals surface area contributed by atoms with E-state index < -0.39 is 0 Å². The number of aromatic nitrogens is 2. The van der Waals surface area contributed by atoms with E-state index in [2.05, 4.69) is 22.4 Å². The van der Waals surface area contributed by atoms with E-state index in [0.717, 1.165) is 29.6 Å². The smallest absolute Gasteiger partial charge is 0.236 e. The highest BCUT2D eigenvalue weighted by Crippen LogP contribution is 2.16. The molecule has 88 valence electrons. The molecule has 0 saturated carbocycles. The van der Waals surface area contributed by atoms with Gasteiger partial charge in [-0.25, -0.2) is 0 Å². The zero-order valence-corrected chi connectivity index (χ0v) is 10.8. The van der Waals surface area contributed by atoms with Crippen LogP contribution in [0.25, 0.3) is 0 Å². The summed E-state index contributed by atoms with van der Waals surface area (Å²) in [4.78, 5) is 22.0. The van der Waals surface area contributed by atoms with Gasteiger partial charge in [-0.15, -0.1) is 10.2 Å². The van der Waals surface area contributed by atoms with Gasteiger partial charge in [0, 0.05) is 13.3 Å². The second-order valence-electron chi connectivity index (χ2n) is 3.08. The van der Waals surface area contributed by atoms with Crippen molar-refractivity contribution in [3.8, 4) is 0 Å². The van der Waals surface area contributed by atoms with Crippen molar-refractivity contribution in [2.75, 3.05) is 11.1 Å². The second-order valence-corrected chi connectivity index (χ2v) is 5.29. The van der Waals surface area contributed by atoms with E-state index in [0.29, 0.717) is 5.13 Å². The predicted molar refractivity (Wildman–Crippen MR) is 65.7 cm³/mol. The molecule has 0 unspecified atom stereocenters. The summed E-state index contributed by atoms with van der Waals surface area (Å²) in [7, 11) is 0. The highest BCUT2D eigenvalue weighted by molar-refractivity contribution is 8.14. The third-order valence-electron chi connectivity index (χ3n) is 1.58. The van der Waals surface area contributed by atoms with Gasteiger partial charge in [0.25, 0.3) is 0 Å². The summed E-state index contributed by atoms with van der Waals surface area (Å²) in [5.41, 5.74) is 0. The average molecular weight is 259 g/mol. The third-order valence-corrected chi connectivity index (χ3v) is 3.30. The summed E-state index contributed by atoms with van der Waals surface area (Å²) in [6, 6.07) is 0. The molecule has 1 aromatic heterocycles. The maximum atomic E-state index is 11.3. The lowest BCUT2D eigenvalue weighted by Gasteiger charge is -1.97. The van der Waals surface area contributed by atoms with Gasteiger partial charge in [0.15, 0.2) is 5.12 Å². The van der Waals surface area contributed by atoms with Gasteiger partial charge in [0.2, 0.25) is 11.0 Å². The van der Waals surface area contributed by atoms with E-state index in [4.69, 9.17) is 0 Å². The number of aryl methyl sites for hydroxylation is 1. The lowest BCUT2D eigenvalue weighted by molar-refractivity contribution is -0.114. The first kappa shape index (κ1) is 13.1. The van der Waals surface area contributed by atoms with Crippen molar-refractivity contribution >= 4 is 39.3 Å². The molecule has 0 aliphatic heterocycles. The summed E-state index contributed by atoms with van der Waals surface area (Å²) >= 11 is 2.35. The first-order chi connectivity index (χ1) is 7.61. The van der Waals surface area contributed by atoms with Gasteiger partial charge < -0.3 is 0 Å². The zero-order valence-electron chi connectivity index (χ0n) is 9.15. The minimum atomic E-state index is -0.223. The zero-order chi connectivity index (χ0) is 12.0. The first-order valence-corrected chi connectivity index (χ1v) is 6.67. The number of carbonyl (C=O) groups excluding carboxylic acids is 2. The third kappa shape index (κ3) is 4.71. The van der Waals surface area contributed by atoms with Crippen molar-refractivity contribution in [1.29, 1.82) is 0 Å². The first-order valence-electron chi connectivity index (χ1n) is 4.87. The molecule has 0 aliphatic carbocycles. The molecule has 0 aliphatic rings. The number of thioether (sulfide) groups is 1. The van der Waals surface area contributed by atoms with Crippen molar-refractivity contribution in [2.45, 2.75) is 26.7 Å². The Hall–Kier alpha value is -0.950. The normalized spacial score (nSPS) is 10.1. The molecule has 1 aromatic rings. The van der Waals surface area contributed by atoms with Crippen LogP contribution >= 0.6 is 23.1 Å². The number of hydrogen-bond donors (Lipinski definition) is 1. The SMILES string of the molecule is CCCc1nnc(NC(=O)CSC(C)=O)s1. The van der Waals surface area contributed by atoms with Gasteiger partial charge in [-0.1, -0.05) is 30.0 Å². The minimum absolute atomic E-state index is 0.0703. The van der Waals surface area contributed by atoms with E-state index in [-0.39, 0.29) is 16.8 Å². The lowest BCUT2D eigenvalue weighted by atomic mass is 10.4. The van der Waals surface area contributed by atoms with Gasteiger partial charge >= 0.3 is 0 Å². The minimum Gasteiger partial charge on any atom is -0.300 e. The Labute approximate surface area is 102 Å². The number of carbonyl (C=O) groups is 2. The summed E-state index contributed by atoms with van der Waals surface area (Å²) < 4.78 is 0. The van der Waals surface area contributed by atoms with Gasteiger partial charge in [-0.05, 0) is 6.42 Å². The average Bonchev–Trinajstić information content (AvgIpc) is 2.63. The molecular formula is C9H13N3O2S2. The molecule has 5 nitrogen and oxygen atoms in total. The van der Waals surface area contributed by atoms with Crippen LogP contribution in [0, 0.1) is 0 Å². The van der Waals surface area contributed by atoms with Gasteiger partial charge in [-0.2, -0.15) is 0 Å². The number of rotatable bonds is 5. The Bertz CT molecular complexity index is 379. The maximum Gasteiger partial charge on any atom is 0.236 e. The Kier molecular flexibility index (Phi) is 5.41. The molecular weight excluding hydrogens is 246 g/mol. The Morgan fingerprint density at radius 1 is 1.44 bits per heavy atom. The number of amides is 1. The van der Waals surface area contributed by atoms with E-state index in [1.165, 1.54) is 18.3 Å². The molecule has 1 N–H and O–H groups in total. The van der Waals surface area contributed by atoms with Crippen molar-refractivity contribution in [1.82, 2.24) is 10.2 Å². The number of nitrogens with zero attached hydrogens (tertiary/aromatic N) is 2. The van der Waals surface area contributed by atoms with Crippen LogP contribution in [0.1, 0.15) is 25.3 Å². The highest BCUT2D eigenvalue weighted by Gasteiger charge is 2.08. The molecule has 0 spiro atoms. The van der Waals surface area contributed by atoms with Crippen LogP contribution in [0.15, 0.2) is 0 Å². The fourth-order valence-electron chi connectivity index (χ4n) is 0.942. The quantitative estimate of drug-likeness (QED) is 0.871. The predicted octanol–water partition coefficient (Wildman–Crippen LogP) is 1.71. The van der Waals surface area contributed by atoms with Crippen LogP contribution in [0.2, 0.25) is 0 Å². The molecule has 0 atom stereocenters. The van der Waals surface area contributed by atoms with E-state index in [1.54, 1.807) is 0 Å². The van der Waals surface area contributed by atoms with Gasteiger partial charge in [-0.3, -0.25) is 14.9 Å². The topological polar surface area (TPSA) is 72.0 Å². The summed E-state index contributed by atoms with van der Waals surface area (Å²) in [6.45, 7) is 3.49. The van der Waals surface area contributed by atoms with Crippen LogP contribution in [-0.4, -0.2) is 27.0 Å². The summed E-state index contributed by atoms with van der Waals surface area (Å²) in [6.07, 6.45) is 1.87. The van der Waals surface area contributed by atoms with Crippen LogP contribution in [0.3, 0.4) is 0 Å². The molecule has 0 fully saturated rings. The van der Waals surface area contributed by atoms with E-state index in [1.807, 2.05) is 0 Å². The Morgan fingerprint density at radius 3 is 2.81 bits per heavy atom. The maximum absolute atomic E-state index is 11.3. The van der Waals surface area contributed by atoms with Crippen molar-refractivity contribution < 1.29 is 9.59 Å². The molecule has 0 bridgehead atoms. The van der Waals surface area contributed by atoms with Crippen LogP contribution in [-0.2, 0) is 16.0 Å². The number of nitrogens with one attached hydrogen (secondary N) is 1. The fourth-order valence-corrected chi connectivity index (χ4v) is 2.21. The Morgan fingerprint density at radius 2 is 2.19 bits per heavy atom. The highest BCUT2D eigenvalue weighted by atomic mass is 32.2. The monoisotopic (exact) mass is 259 g/mol. The standard InChI is InChI=1S/C9H13N3O2S2/c1-3-4-8-11-12-9(16-8)10-7(14)5-15-6(2)13/h3-5H2,1-2H3,(H,10,12,14). The van der Waals surface area contributed by atoms with E-state index in [9.17, 15) is 9.59 Å².